The molecule has 4 aliphatic rings. The van der Waals surface area contributed by atoms with E-state index < -0.39 is 58.2 Å². The Morgan fingerprint density at radius 2 is 1.90 bits per heavy atom. The van der Waals surface area contributed by atoms with E-state index in [9.17, 15) is 29.7 Å². The molecule has 0 aromatic heterocycles. The Morgan fingerprint density at radius 3 is 2.52 bits per heavy atom. The zero-order valence-electron chi connectivity index (χ0n) is 16.8. The van der Waals surface area contributed by atoms with Crippen LogP contribution >= 0.6 is 0 Å². The monoisotopic (exact) mass is 406 g/mol. The normalized spacial score (nSPS) is 51.0. The number of alkyl halides is 1. The van der Waals surface area contributed by atoms with Crippen LogP contribution in [0.2, 0.25) is 0 Å². The van der Waals surface area contributed by atoms with E-state index in [4.69, 9.17) is 0 Å². The number of allylic oxidation sites excluding steroid dienone is 3. The van der Waals surface area contributed by atoms with Crippen molar-refractivity contribution in [2.45, 2.75) is 57.9 Å². The summed E-state index contributed by atoms with van der Waals surface area (Å²) in [6, 6.07) is 0. The molecule has 0 heterocycles. The van der Waals surface area contributed by atoms with Gasteiger partial charge in [0.1, 0.15) is 0 Å². The molecule has 9 atom stereocenters. The number of aliphatic hydroxyl groups excluding tert-OH is 2. The van der Waals surface area contributed by atoms with Crippen LogP contribution in [0, 0.1) is 34.5 Å². The number of aliphatic hydroxyl groups is 2. The van der Waals surface area contributed by atoms with Gasteiger partial charge in [0, 0.05) is 17.3 Å². The summed E-state index contributed by atoms with van der Waals surface area (Å²) < 4.78 is 16.9. The molecule has 7 heteroatoms. The van der Waals surface area contributed by atoms with Gasteiger partial charge in [0.2, 0.25) is 5.78 Å². The van der Waals surface area contributed by atoms with Crippen molar-refractivity contribution in [2.24, 2.45) is 34.5 Å². The second kappa shape index (κ2) is 6.08. The molecule has 0 aromatic carbocycles. The maximum absolute atomic E-state index is 16.9. The fourth-order valence-corrected chi connectivity index (χ4v) is 7.26. The molecule has 29 heavy (non-hydrogen) atoms. The molecule has 4 aliphatic carbocycles. The molecule has 0 saturated heterocycles. The number of Topliss-reactive ketones (excluding diaryl/α,β-unsaturated/α-hetero) is 1. The Bertz CT molecular complexity index is 863. The molecular formula is C22H27FO6. The Kier molecular flexibility index (Phi) is 4.28. The Balaban J connectivity index is 1.85. The molecule has 0 aliphatic heterocycles. The number of carbonyl (C=O) groups is 3. The van der Waals surface area contributed by atoms with Crippen molar-refractivity contribution >= 4 is 17.5 Å². The van der Waals surface area contributed by atoms with E-state index in [2.05, 4.69) is 0 Å². The molecule has 3 saturated carbocycles. The summed E-state index contributed by atoms with van der Waals surface area (Å²) in [4.78, 5) is 35.7. The summed E-state index contributed by atoms with van der Waals surface area (Å²) in [6.07, 6.45) is 1.92. The van der Waals surface area contributed by atoms with Crippen molar-refractivity contribution in [3.8, 4) is 0 Å². The zero-order valence-corrected chi connectivity index (χ0v) is 16.8. The average Bonchev–Trinajstić information content (AvgIpc) is 2.86. The third-order valence-corrected chi connectivity index (χ3v) is 8.49. The number of aliphatic carboxylic acids is 1. The average molecular weight is 406 g/mol. The first-order valence-corrected chi connectivity index (χ1v) is 10.1. The summed E-state index contributed by atoms with van der Waals surface area (Å²) in [6.45, 7) is 5.17. The predicted octanol–water partition coefficient (Wildman–Crippen LogP) is 1.84. The van der Waals surface area contributed by atoms with E-state index in [0.29, 0.717) is 12.0 Å². The molecule has 0 spiro atoms. The minimum absolute atomic E-state index is 0.0733. The summed E-state index contributed by atoms with van der Waals surface area (Å²) >= 11 is 0. The maximum atomic E-state index is 16.9. The fourth-order valence-electron chi connectivity index (χ4n) is 7.26. The first-order chi connectivity index (χ1) is 13.4. The van der Waals surface area contributed by atoms with Gasteiger partial charge >= 0.3 is 5.97 Å². The van der Waals surface area contributed by atoms with Crippen LogP contribution < -0.4 is 0 Å². The third-order valence-electron chi connectivity index (χ3n) is 8.49. The Hall–Kier alpha value is -1.86. The quantitative estimate of drug-likeness (QED) is 0.604. The molecule has 0 radical (unpaired) electrons. The van der Waals surface area contributed by atoms with Gasteiger partial charge in [-0.3, -0.25) is 9.59 Å². The number of halogens is 1. The van der Waals surface area contributed by atoms with Crippen LogP contribution in [-0.2, 0) is 14.4 Å². The van der Waals surface area contributed by atoms with Gasteiger partial charge in [-0.05, 0) is 55.6 Å². The van der Waals surface area contributed by atoms with E-state index in [1.165, 1.54) is 18.2 Å². The summed E-state index contributed by atoms with van der Waals surface area (Å²) in [5.74, 6) is -5.28. The van der Waals surface area contributed by atoms with E-state index in [1.54, 1.807) is 20.8 Å². The van der Waals surface area contributed by atoms with Gasteiger partial charge in [-0.1, -0.05) is 25.5 Å². The largest absolute Gasteiger partial charge is 0.475 e. The summed E-state index contributed by atoms with van der Waals surface area (Å²) in [7, 11) is 0. The first-order valence-electron chi connectivity index (χ1n) is 10.1. The minimum atomic E-state index is -2.22. The second-order valence-electron chi connectivity index (χ2n) is 9.87. The first kappa shape index (κ1) is 20.4. The van der Waals surface area contributed by atoms with E-state index >= 15 is 4.39 Å². The Labute approximate surface area is 168 Å². The van der Waals surface area contributed by atoms with Crippen molar-refractivity contribution in [1.82, 2.24) is 0 Å². The fraction of sp³-hybridized carbons (Fsp3) is 0.682. The smallest absolute Gasteiger partial charge is 0.372 e. The predicted molar refractivity (Wildman–Crippen MR) is 100 cm³/mol. The summed E-state index contributed by atoms with van der Waals surface area (Å²) in [5.41, 5.74) is -3.94. The van der Waals surface area contributed by atoms with Gasteiger partial charge in [-0.25, -0.2) is 9.18 Å². The highest BCUT2D eigenvalue weighted by atomic mass is 19.1. The molecule has 0 bridgehead atoms. The number of carbonyl (C=O) groups excluding carboxylic acids is 2. The molecule has 3 N–H and O–H groups in total. The number of ketones is 2. The van der Waals surface area contributed by atoms with Crippen LogP contribution in [-0.4, -0.2) is 50.7 Å². The van der Waals surface area contributed by atoms with Gasteiger partial charge in [-0.15, -0.1) is 0 Å². The molecule has 158 valence electrons. The Morgan fingerprint density at radius 1 is 1.24 bits per heavy atom. The zero-order chi connectivity index (χ0) is 21.5. The van der Waals surface area contributed by atoms with Crippen LogP contribution in [0.25, 0.3) is 0 Å². The van der Waals surface area contributed by atoms with E-state index in [-0.39, 0.29) is 24.5 Å². The van der Waals surface area contributed by atoms with Crippen molar-refractivity contribution in [3.63, 3.8) is 0 Å². The van der Waals surface area contributed by atoms with Crippen molar-refractivity contribution in [2.75, 3.05) is 0 Å². The highest BCUT2D eigenvalue weighted by Gasteiger charge is 2.73. The number of hydrogen-bond acceptors (Lipinski definition) is 5. The van der Waals surface area contributed by atoms with Crippen molar-refractivity contribution in [1.29, 1.82) is 0 Å². The molecule has 0 aromatic rings. The lowest BCUT2D eigenvalue weighted by Crippen LogP contribution is -2.70. The standard InChI is InChI=1S/C22H27FO6/c1-10-6-13-17-14(25)8-11-7-12(24)4-5-21(11,3)22(17,23)15(26)9-20(13,2)16(10)18(27)19(28)29/h4-5,7,10,13-17,25-26H,6,8-9H2,1-3H3,(H,28,29)/t10?,13-,14?,15?,16+,17+,20-,21-,22+/m0/s1. The van der Waals surface area contributed by atoms with Crippen LogP contribution in [0.4, 0.5) is 4.39 Å². The van der Waals surface area contributed by atoms with Crippen LogP contribution in [0.1, 0.15) is 40.0 Å². The number of carboxylic acid groups (broad SMARTS) is 1. The van der Waals surface area contributed by atoms with Gasteiger partial charge in [0.15, 0.2) is 11.5 Å². The minimum Gasteiger partial charge on any atom is -0.475 e. The molecular weight excluding hydrogens is 379 g/mol. The van der Waals surface area contributed by atoms with Crippen LogP contribution in [0.5, 0.6) is 0 Å². The van der Waals surface area contributed by atoms with E-state index in [0.717, 1.165) is 0 Å². The van der Waals surface area contributed by atoms with Gasteiger partial charge in [-0.2, -0.15) is 0 Å². The number of fused-ring (bicyclic) bond motifs is 5. The number of hydrogen-bond donors (Lipinski definition) is 3. The lowest BCUT2D eigenvalue weighted by Gasteiger charge is -2.63. The van der Waals surface area contributed by atoms with Crippen LogP contribution in [0.3, 0.4) is 0 Å². The van der Waals surface area contributed by atoms with Crippen LogP contribution in [0.15, 0.2) is 23.8 Å². The summed E-state index contributed by atoms with van der Waals surface area (Å²) in [5, 5.41) is 31.4. The lowest BCUT2D eigenvalue weighted by atomic mass is 9.44. The van der Waals surface area contributed by atoms with Crippen molar-refractivity contribution < 1.29 is 34.1 Å². The number of carboxylic acids is 1. The molecule has 4 rings (SSSR count). The van der Waals surface area contributed by atoms with Gasteiger partial charge in [0.25, 0.3) is 0 Å². The molecule has 3 fully saturated rings. The number of rotatable bonds is 2. The topological polar surface area (TPSA) is 112 Å². The lowest BCUT2D eigenvalue weighted by molar-refractivity contribution is -0.222. The second-order valence-corrected chi connectivity index (χ2v) is 9.87. The highest BCUT2D eigenvalue weighted by molar-refractivity contribution is 6.33. The molecule has 3 unspecified atom stereocenters. The SMILES string of the molecule is CC1C[C@H]2[C@@H]3C(O)CC4=CC(=O)C=C[C@]4(C)[C@@]3(F)C(O)C[C@]2(C)[C@H]1C(=O)C(=O)O. The maximum Gasteiger partial charge on any atom is 0.372 e. The van der Waals surface area contributed by atoms with Crippen molar-refractivity contribution in [3.05, 3.63) is 23.8 Å². The van der Waals surface area contributed by atoms with E-state index in [1.807, 2.05) is 0 Å². The van der Waals surface area contributed by atoms with Gasteiger partial charge < -0.3 is 15.3 Å². The highest BCUT2D eigenvalue weighted by Crippen LogP contribution is 2.69. The third kappa shape index (κ3) is 2.37. The molecule has 0 amide bonds. The molecule has 6 nitrogen and oxygen atoms in total. The van der Waals surface area contributed by atoms with Gasteiger partial charge in [0.05, 0.1) is 12.2 Å².